The van der Waals surface area contributed by atoms with Crippen LogP contribution in [0.25, 0.3) is 0 Å². The Hall–Kier alpha value is -1.08. The second-order valence-electron chi connectivity index (χ2n) is 4.64. The van der Waals surface area contributed by atoms with Gasteiger partial charge < -0.3 is 5.32 Å². The van der Waals surface area contributed by atoms with Crippen LogP contribution in [-0.2, 0) is 6.18 Å². The number of nitrogens with one attached hydrogen (secondary N) is 1. The molecule has 2 aromatic carbocycles. The molecule has 1 atom stereocenters. The van der Waals surface area contributed by atoms with E-state index in [1.807, 2.05) is 31.2 Å². The highest BCUT2D eigenvalue weighted by atomic mass is 127. The van der Waals surface area contributed by atoms with Gasteiger partial charge in [-0.25, -0.2) is 0 Å². The second kappa shape index (κ2) is 6.79. The molecule has 0 aromatic heterocycles. The molecule has 0 radical (unpaired) electrons. The van der Waals surface area contributed by atoms with Crippen molar-refractivity contribution in [2.75, 3.05) is 6.54 Å². The molecule has 2 rings (SSSR count). The van der Waals surface area contributed by atoms with Gasteiger partial charge in [0.05, 0.1) is 11.6 Å². The summed E-state index contributed by atoms with van der Waals surface area (Å²) < 4.78 is 39.7. The summed E-state index contributed by atoms with van der Waals surface area (Å²) in [6.45, 7) is 2.61. The molecule has 0 aliphatic rings. The monoisotopic (exact) mass is 405 g/mol. The standard InChI is InChI=1S/C16H15F3IN/c1-2-21-15(13-8-3-4-9-14(13)20)11-6-5-7-12(10-11)16(17,18)19/h3-10,15,21H,2H2,1H3. The Morgan fingerprint density at radius 1 is 1.10 bits per heavy atom. The number of rotatable bonds is 4. The van der Waals surface area contributed by atoms with E-state index in [1.165, 1.54) is 12.1 Å². The average molecular weight is 405 g/mol. The quantitative estimate of drug-likeness (QED) is 0.706. The van der Waals surface area contributed by atoms with Crippen LogP contribution in [0.15, 0.2) is 48.5 Å². The first-order valence-electron chi connectivity index (χ1n) is 6.58. The molecule has 0 amide bonds. The fourth-order valence-electron chi connectivity index (χ4n) is 2.22. The highest BCUT2D eigenvalue weighted by Gasteiger charge is 2.31. The lowest BCUT2D eigenvalue weighted by Gasteiger charge is -2.21. The third-order valence-corrected chi connectivity index (χ3v) is 4.15. The van der Waals surface area contributed by atoms with Crippen LogP contribution >= 0.6 is 22.6 Å². The van der Waals surface area contributed by atoms with Crippen molar-refractivity contribution in [3.8, 4) is 0 Å². The molecule has 2 aromatic rings. The molecule has 0 spiro atoms. The number of hydrogen-bond acceptors (Lipinski definition) is 1. The molecular formula is C16H15F3IN. The third kappa shape index (κ3) is 3.97. The van der Waals surface area contributed by atoms with Gasteiger partial charge in [0.15, 0.2) is 0 Å². The average Bonchev–Trinajstić information content (AvgIpc) is 2.45. The van der Waals surface area contributed by atoms with Gasteiger partial charge in [0, 0.05) is 3.57 Å². The normalized spacial score (nSPS) is 13.2. The van der Waals surface area contributed by atoms with E-state index >= 15 is 0 Å². The van der Waals surface area contributed by atoms with E-state index in [-0.39, 0.29) is 6.04 Å². The van der Waals surface area contributed by atoms with Crippen molar-refractivity contribution in [2.45, 2.75) is 19.1 Å². The summed E-state index contributed by atoms with van der Waals surface area (Å²) in [5.41, 5.74) is 0.990. The predicted octanol–water partition coefficient (Wildman–Crippen LogP) is 5.01. The lowest BCUT2D eigenvalue weighted by atomic mass is 9.97. The molecule has 5 heteroatoms. The summed E-state index contributed by atoms with van der Waals surface area (Å²) in [6.07, 6.45) is -4.32. The van der Waals surface area contributed by atoms with Crippen LogP contribution in [0.2, 0.25) is 0 Å². The molecule has 1 unspecified atom stereocenters. The van der Waals surface area contributed by atoms with Crippen LogP contribution in [-0.4, -0.2) is 6.54 Å². The van der Waals surface area contributed by atoms with Crippen molar-refractivity contribution < 1.29 is 13.2 Å². The summed E-state index contributed by atoms with van der Waals surface area (Å²) in [5.74, 6) is 0. The Balaban J connectivity index is 2.46. The van der Waals surface area contributed by atoms with Crippen molar-refractivity contribution >= 4 is 22.6 Å². The van der Waals surface area contributed by atoms with E-state index in [0.717, 1.165) is 15.2 Å². The lowest BCUT2D eigenvalue weighted by molar-refractivity contribution is -0.137. The fraction of sp³-hybridized carbons (Fsp3) is 0.250. The van der Waals surface area contributed by atoms with Gasteiger partial charge in [-0.1, -0.05) is 37.3 Å². The topological polar surface area (TPSA) is 12.0 Å². The number of halogens is 4. The minimum absolute atomic E-state index is 0.245. The Kier molecular flexibility index (Phi) is 5.27. The Morgan fingerprint density at radius 2 is 1.81 bits per heavy atom. The molecule has 1 nitrogen and oxygen atoms in total. The predicted molar refractivity (Wildman–Crippen MR) is 86.1 cm³/mol. The highest BCUT2D eigenvalue weighted by molar-refractivity contribution is 14.1. The maximum atomic E-state index is 12.9. The third-order valence-electron chi connectivity index (χ3n) is 3.17. The van der Waals surface area contributed by atoms with Crippen molar-refractivity contribution in [1.82, 2.24) is 5.32 Å². The molecular weight excluding hydrogens is 390 g/mol. The molecule has 0 bridgehead atoms. The van der Waals surface area contributed by atoms with Gasteiger partial charge in [-0.3, -0.25) is 0 Å². The molecule has 21 heavy (non-hydrogen) atoms. The highest BCUT2D eigenvalue weighted by Crippen LogP contribution is 2.33. The summed E-state index contributed by atoms with van der Waals surface area (Å²) in [4.78, 5) is 0. The van der Waals surface area contributed by atoms with Gasteiger partial charge in [-0.05, 0) is 58.5 Å². The Bertz CT molecular complexity index is 610. The van der Waals surface area contributed by atoms with Gasteiger partial charge in [0.25, 0.3) is 0 Å². The first-order chi connectivity index (χ1) is 9.93. The Morgan fingerprint density at radius 3 is 2.43 bits per heavy atom. The van der Waals surface area contributed by atoms with Crippen LogP contribution in [0.5, 0.6) is 0 Å². The molecule has 0 heterocycles. The number of benzene rings is 2. The van der Waals surface area contributed by atoms with E-state index in [0.29, 0.717) is 12.1 Å². The van der Waals surface area contributed by atoms with E-state index in [4.69, 9.17) is 0 Å². The second-order valence-corrected chi connectivity index (χ2v) is 5.80. The largest absolute Gasteiger partial charge is 0.416 e. The zero-order valence-electron chi connectivity index (χ0n) is 11.4. The van der Waals surface area contributed by atoms with Crippen molar-refractivity contribution in [3.05, 3.63) is 68.8 Å². The van der Waals surface area contributed by atoms with Gasteiger partial charge in [-0.2, -0.15) is 13.2 Å². The van der Waals surface area contributed by atoms with Crippen LogP contribution in [0.4, 0.5) is 13.2 Å². The summed E-state index contributed by atoms with van der Waals surface area (Å²) in [6, 6.07) is 13.0. The first kappa shape index (κ1) is 16.3. The van der Waals surface area contributed by atoms with Gasteiger partial charge >= 0.3 is 6.18 Å². The molecule has 0 saturated heterocycles. The van der Waals surface area contributed by atoms with Crippen molar-refractivity contribution in [3.63, 3.8) is 0 Å². The van der Waals surface area contributed by atoms with Gasteiger partial charge in [0.1, 0.15) is 0 Å². The number of hydrogen-bond donors (Lipinski definition) is 1. The van der Waals surface area contributed by atoms with Crippen molar-refractivity contribution in [1.29, 1.82) is 0 Å². The molecule has 1 N–H and O–H groups in total. The number of alkyl halides is 3. The maximum Gasteiger partial charge on any atom is 0.416 e. The van der Waals surface area contributed by atoms with E-state index in [2.05, 4.69) is 27.9 Å². The minimum atomic E-state index is -4.32. The van der Waals surface area contributed by atoms with Gasteiger partial charge in [-0.15, -0.1) is 0 Å². The molecule has 0 saturated carbocycles. The van der Waals surface area contributed by atoms with Crippen molar-refractivity contribution in [2.24, 2.45) is 0 Å². The lowest BCUT2D eigenvalue weighted by Crippen LogP contribution is -2.23. The molecule has 0 fully saturated rings. The maximum absolute atomic E-state index is 12.9. The summed E-state index contributed by atoms with van der Waals surface area (Å²) >= 11 is 2.20. The van der Waals surface area contributed by atoms with Crippen LogP contribution in [0.3, 0.4) is 0 Å². The summed E-state index contributed by atoms with van der Waals surface area (Å²) in [7, 11) is 0. The van der Waals surface area contributed by atoms with Crippen LogP contribution in [0.1, 0.15) is 29.7 Å². The van der Waals surface area contributed by atoms with E-state index < -0.39 is 11.7 Å². The zero-order valence-corrected chi connectivity index (χ0v) is 13.6. The van der Waals surface area contributed by atoms with Crippen LogP contribution in [0, 0.1) is 3.57 Å². The summed E-state index contributed by atoms with van der Waals surface area (Å²) in [5, 5.41) is 3.26. The molecule has 112 valence electrons. The molecule has 0 aliphatic heterocycles. The van der Waals surface area contributed by atoms with Gasteiger partial charge in [0.2, 0.25) is 0 Å². The Labute approximate surface area is 135 Å². The van der Waals surface area contributed by atoms with E-state index in [1.54, 1.807) is 6.07 Å². The molecule has 0 aliphatic carbocycles. The minimum Gasteiger partial charge on any atom is -0.306 e. The fourth-order valence-corrected chi connectivity index (χ4v) is 2.91. The SMILES string of the molecule is CCNC(c1cccc(C(F)(F)F)c1)c1ccccc1I. The smallest absolute Gasteiger partial charge is 0.306 e. The first-order valence-corrected chi connectivity index (χ1v) is 7.66. The van der Waals surface area contributed by atoms with E-state index in [9.17, 15) is 13.2 Å². The van der Waals surface area contributed by atoms with Crippen LogP contribution < -0.4 is 5.32 Å². The zero-order chi connectivity index (χ0) is 15.5.